The van der Waals surface area contributed by atoms with Crippen LogP contribution in [0.4, 0.5) is 0 Å². The molecule has 4 heteroatoms. The molecule has 0 bridgehead atoms. The van der Waals surface area contributed by atoms with Crippen LogP contribution < -0.4 is 5.32 Å². The Hall–Kier alpha value is -0.450. The molecule has 2 fully saturated rings. The molecule has 0 radical (unpaired) electrons. The summed E-state index contributed by atoms with van der Waals surface area (Å²) >= 11 is 1.77. The summed E-state index contributed by atoms with van der Waals surface area (Å²) in [7, 11) is 0. The third-order valence-corrected chi connectivity index (χ3v) is 4.07. The topological polar surface area (TPSA) is 28.2 Å². The van der Waals surface area contributed by atoms with E-state index in [2.05, 4.69) is 20.6 Å². The average Bonchev–Trinajstić information content (AvgIpc) is 2.78. The Balaban J connectivity index is 1.61. The van der Waals surface area contributed by atoms with Gasteiger partial charge in [-0.2, -0.15) is 0 Å². The minimum absolute atomic E-state index is 0.898. The fraction of sp³-hybridized carbons (Fsp3) is 0.700. The Labute approximate surface area is 88.1 Å². The van der Waals surface area contributed by atoms with Crippen molar-refractivity contribution in [1.29, 1.82) is 0 Å². The van der Waals surface area contributed by atoms with Crippen LogP contribution in [0.5, 0.6) is 0 Å². The van der Waals surface area contributed by atoms with E-state index in [1.165, 1.54) is 31.2 Å². The number of likely N-dealkylation sites (tertiary alicyclic amines) is 1. The Morgan fingerprint density at radius 2 is 2.21 bits per heavy atom. The van der Waals surface area contributed by atoms with Gasteiger partial charge in [0, 0.05) is 24.7 Å². The van der Waals surface area contributed by atoms with Gasteiger partial charge in [0.05, 0.1) is 6.54 Å². The van der Waals surface area contributed by atoms with Crippen LogP contribution in [0.1, 0.15) is 5.01 Å². The standard InChI is InChI=1S/C10H15N3S/c1-2-14-10(12-1)7-13-5-8-3-11-4-9(8)6-13/h1-2,8-9,11H,3-7H2. The number of aromatic nitrogens is 1. The van der Waals surface area contributed by atoms with Gasteiger partial charge in [-0.3, -0.25) is 4.90 Å². The highest BCUT2D eigenvalue weighted by molar-refractivity contribution is 7.09. The second-order valence-corrected chi connectivity index (χ2v) is 5.28. The van der Waals surface area contributed by atoms with Gasteiger partial charge >= 0.3 is 0 Å². The van der Waals surface area contributed by atoms with Crippen LogP contribution in [-0.2, 0) is 6.54 Å². The molecule has 2 atom stereocenters. The molecular formula is C10H15N3S. The number of hydrogen-bond donors (Lipinski definition) is 1. The first kappa shape index (κ1) is 8.83. The molecule has 2 aliphatic rings. The van der Waals surface area contributed by atoms with Crippen molar-refractivity contribution in [2.45, 2.75) is 6.54 Å². The van der Waals surface area contributed by atoms with E-state index in [4.69, 9.17) is 0 Å². The molecule has 0 spiro atoms. The molecule has 1 aromatic rings. The third-order valence-electron chi connectivity index (χ3n) is 3.31. The second-order valence-electron chi connectivity index (χ2n) is 4.30. The van der Waals surface area contributed by atoms with Crippen molar-refractivity contribution in [3.63, 3.8) is 0 Å². The van der Waals surface area contributed by atoms with Crippen LogP contribution in [0.3, 0.4) is 0 Å². The summed E-state index contributed by atoms with van der Waals surface area (Å²) in [5.74, 6) is 1.80. The lowest BCUT2D eigenvalue weighted by atomic mass is 10.0. The minimum atomic E-state index is 0.898. The average molecular weight is 209 g/mol. The van der Waals surface area contributed by atoms with Crippen LogP contribution in [0.25, 0.3) is 0 Å². The van der Waals surface area contributed by atoms with Gasteiger partial charge in [0.1, 0.15) is 5.01 Å². The van der Waals surface area contributed by atoms with Crippen molar-refractivity contribution in [1.82, 2.24) is 15.2 Å². The van der Waals surface area contributed by atoms with E-state index >= 15 is 0 Å². The number of rotatable bonds is 2. The quantitative estimate of drug-likeness (QED) is 0.780. The van der Waals surface area contributed by atoms with Crippen molar-refractivity contribution in [3.05, 3.63) is 16.6 Å². The van der Waals surface area contributed by atoms with Crippen LogP contribution in [0.15, 0.2) is 11.6 Å². The summed E-state index contributed by atoms with van der Waals surface area (Å²) in [6.07, 6.45) is 1.90. The number of nitrogens with zero attached hydrogens (tertiary/aromatic N) is 2. The van der Waals surface area contributed by atoms with Crippen molar-refractivity contribution in [3.8, 4) is 0 Å². The normalized spacial score (nSPS) is 32.3. The van der Waals surface area contributed by atoms with Gasteiger partial charge in [0.25, 0.3) is 0 Å². The molecule has 3 heterocycles. The monoisotopic (exact) mass is 209 g/mol. The fourth-order valence-corrected chi connectivity index (χ4v) is 3.26. The van der Waals surface area contributed by atoms with Crippen molar-refractivity contribution in [2.75, 3.05) is 26.2 Å². The number of fused-ring (bicyclic) bond motifs is 1. The first-order chi connectivity index (χ1) is 6.92. The first-order valence-corrected chi connectivity index (χ1v) is 6.11. The molecule has 2 saturated heterocycles. The van der Waals surface area contributed by atoms with Gasteiger partial charge in [0.15, 0.2) is 0 Å². The van der Waals surface area contributed by atoms with E-state index in [9.17, 15) is 0 Å². The van der Waals surface area contributed by atoms with Gasteiger partial charge in [0.2, 0.25) is 0 Å². The first-order valence-electron chi connectivity index (χ1n) is 5.23. The van der Waals surface area contributed by atoms with Crippen molar-refractivity contribution >= 4 is 11.3 Å². The number of nitrogens with one attached hydrogen (secondary N) is 1. The molecule has 1 aromatic heterocycles. The van der Waals surface area contributed by atoms with Crippen molar-refractivity contribution < 1.29 is 0 Å². The zero-order chi connectivity index (χ0) is 9.38. The molecule has 1 N–H and O–H groups in total. The third kappa shape index (κ3) is 1.58. The van der Waals surface area contributed by atoms with Crippen LogP contribution in [0.2, 0.25) is 0 Å². The van der Waals surface area contributed by atoms with Crippen LogP contribution in [-0.4, -0.2) is 36.1 Å². The van der Waals surface area contributed by atoms with Gasteiger partial charge in [-0.05, 0) is 24.9 Å². The van der Waals surface area contributed by atoms with E-state index in [1.807, 2.05) is 6.20 Å². The zero-order valence-corrected chi connectivity index (χ0v) is 8.96. The molecule has 14 heavy (non-hydrogen) atoms. The molecule has 0 saturated carbocycles. The molecule has 76 valence electrons. The fourth-order valence-electron chi connectivity index (χ4n) is 2.60. The summed E-state index contributed by atoms with van der Waals surface area (Å²) in [6, 6.07) is 0. The Kier molecular flexibility index (Phi) is 2.27. The maximum absolute atomic E-state index is 4.33. The van der Waals surface area contributed by atoms with E-state index < -0.39 is 0 Å². The zero-order valence-electron chi connectivity index (χ0n) is 8.15. The molecule has 2 unspecified atom stereocenters. The maximum Gasteiger partial charge on any atom is 0.107 e. The Bertz CT molecular complexity index is 286. The SMILES string of the molecule is c1csc(CN2CC3CNCC3C2)n1. The molecule has 0 aliphatic carbocycles. The summed E-state index contributed by atoms with van der Waals surface area (Å²) < 4.78 is 0. The van der Waals surface area contributed by atoms with Gasteiger partial charge in [-0.1, -0.05) is 0 Å². The lowest BCUT2D eigenvalue weighted by Gasteiger charge is -2.14. The maximum atomic E-state index is 4.33. The highest BCUT2D eigenvalue weighted by Crippen LogP contribution is 2.27. The lowest BCUT2D eigenvalue weighted by Crippen LogP contribution is -2.25. The summed E-state index contributed by atoms with van der Waals surface area (Å²) in [4.78, 5) is 6.89. The van der Waals surface area contributed by atoms with Crippen LogP contribution in [0, 0.1) is 11.8 Å². The van der Waals surface area contributed by atoms with E-state index in [1.54, 1.807) is 11.3 Å². The molecule has 0 aromatic carbocycles. The second kappa shape index (κ2) is 3.61. The molecular weight excluding hydrogens is 194 g/mol. The molecule has 0 amide bonds. The molecule has 2 aliphatic heterocycles. The summed E-state index contributed by atoms with van der Waals surface area (Å²) in [6.45, 7) is 6.03. The number of hydrogen-bond acceptors (Lipinski definition) is 4. The summed E-state index contributed by atoms with van der Waals surface area (Å²) in [5, 5.41) is 6.79. The molecule has 3 rings (SSSR count). The summed E-state index contributed by atoms with van der Waals surface area (Å²) in [5.41, 5.74) is 0. The predicted octanol–water partition coefficient (Wildman–Crippen LogP) is 0.794. The van der Waals surface area contributed by atoms with E-state index in [0.717, 1.165) is 18.4 Å². The number of thiazole rings is 1. The largest absolute Gasteiger partial charge is 0.316 e. The highest BCUT2D eigenvalue weighted by atomic mass is 32.1. The Morgan fingerprint density at radius 3 is 2.86 bits per heavy atom. The predicted molar refractivity (Wildman–Crippen MR) is 57.2 cm³/mol. The van der Waals surface area contributed by atoms with Crippen LogP contribution >= 0.6 is 11.3 Å². The lowest BCUT2D eigenvalue weighted by molar-refractivity contribution is 0.305. The van der Waals surface area contributed by atoms with Gasteiger partial charge in [-0.25, -0.2) is 4.98 Å². The van der Waals surface area contributed by atoms with Gasteiger partial charge in [-0.15, -0.1) is 11.3 Å². The van der Waals surface area contributed by atoms with E-state index in [0.29, 0.717) is 0 Å². The Morgan fingerprint density at radius 1 is 1.43 bits per heavy atom. The smallest absolute Gasteiger partial charge is 0.107 e. The minimum Gasteiger partial charge on any atom is -0.316 e. The van der Waals surface area contributed by atoms with Gasteiger partial charge < -0.3 is 5.32 Å². The molecule has 3 nitrogen and oxygen atoms in total. The highest BCUT2D eigenvalue weighted by Gasteiger charge is 2.35. The van der Waals surface area contributed by atoms with E-state index in [-0.39, 0.29) is 0 Å². The van der Waals surface area contributed by atoms with Crippen molar-refractivity contribution in [2.24, 2.45) is 11.8 Å².